The predicted molar refractivity (Wildman–Crippen MR) is 145 cm³/mol. The number of aromatic amines is 2. The van der Waals surface area contributed by atoms with Crippen LogP contribution >= 0.6 is 11.3 Å². The van der Waals surface area contributed by atoms with Gasteiger partial charge in [0.05, 0.1) is 5.52 Å². The molecule has 10 heteroatoms. The van der Waals surface area contributed by atoms with Crippen LogP contribution in [0.15, 0.2) is 55.0 Å². The number of nitrogens with one attached hydrogen (secondary N) is 2. The van der Waals surface area contributed by atoms with Crippen molar-refractivity contribution in [1.29, 1.82) is 0 Å². The average Bonchev–Trinajstić information content (AvgIpc) is 3.67. The average molecular weight is 528 g/mol. The van der Waals surface area contributed by atoms with Gasteiger partial charge in [0.1, 0.15) is 11.2 Å². The summed E-state index contributed by atoms with van der Waals surface area (Å²) in [5, 5.41) is 7.52. The summed E-state index contributed by atoms with van der Waals surface area (Å²) >= 11 is 1.06. The standard InChI is InChI=1S/C28H23F2N7S/c29-21-12-17(18-10-16(13-31-14-18)15-37-8-2-1-3-9-37)11-20-24(21)35-36-26(20)28-33-25-19(6-7-32-27(25)34-28)22-4-5-23(30)38-22/h4-7,10-14H,1-3,8-9,15H2,(H,35,36)(H,32,33,34). The Kier molecular flexibility index (Phi) is 5.70. The summed E-state index contributed by atoms with van der Waals surface area (Å²) in [7, 11) is 0. The highest BCUT2D eigenvalue weighted by Crippen LogP contribution is 2.35. The molecular weight excluding hydrogens is 504 g/mol. The van der Waals surface area contributed by atoms with E-state index in [1.165, 1.54) is 31.4 Å². The molecule has 38 heavy (non-hydrogen) atoms. The fraction of sp³-hybridized carbons (Fsp3) is 0.214. The predicted octanol–water partition coefficient (Wildman–Crippen LogP) is 6.56. The van der Waals surface area contributed by atoms with Crippen LogP contribution < -0.4 is 0 Å². The molecule has 1 saturated heterocycles. The molecule has 0 spiro atoms. The summed E-state index contributed by atoms with van der Waals surface area (Å²) in [6.07, 6.45) is 9.03. The van der Waals surface area contributed by atoms with Crippen molar-refractivity contribution in [3.63, 3.8) is 0 Å². The third-order valence-electron chi connectivity index (χ3n) is 7.06. The first-order chi connectivity index (χ1) is 18.6. The van der Waals surface area contributed by atoms with E-state index in [2.05, 4.69) is 41.1 Å². The quantitative estimate of drug-likeness (QED) is 0.265. The number of halogens is 2. The number of imidazole rings is 1. The molecule has 190 valence electrons. The van der Waals surface area contributed by atoms with Crippen molar-refractivity contribution < 1.29 is 8.78 Å². The number of pyridine rings is 2. The highest BCUT2D eigenvalue weighted by Gasteiger charge is 2.19. The second-order valence-electron chi connectivity index (χ2n) is 9.62. The number of rotatable bonds is 5. The van der Waals surface area contributed by atoms with Crippen LogP contribution in [0, 0.1) is 10.9 Å². The molecule has 6 aromatic rings. The maximum absolute atomic E-state index is 15.2. The summed E-state index contributed by atoms with van der Waals surface area (Å²) in [5.41, 5.74) is 5.43. The van der Waals surface area contributed by atoms with Crippen LogP contribution in [0.1, 0.15) is 24.8 Å². The van der Waals surface area contributed by atoms with E-state index in [1.807, 2.05) is 18.3 Å². The number of hydrogen-bond donors (Lipinski definition) is 2. The van der Waals surface area contributed by atoms with Crippen LogP contribution in [0.25, 0.3) is 55.2 Å². The van der Waals surface area contributed by atoms with Crippen LogP contribution in [0.4, 0.5) is 8.78 Å². The van der Waals surface area contributed by atoms with Gasteiger partial charge in [-0.15, -0.1) is 11.3 Å². The zero-order chi connectivity index (χ0) is 25.6. The fourth-order valence-corrected chi connectivity index (χ4v) is 5.99. The lowest BCUT2D eigenvalue weighted by atomic mass is 10.0. The van der Waals surface area contributed by atoms with Crippen molar-refractivity contribution in [2.45, 2.75) is 25.8 Å². The molecule has 5 aromatic heterocycles. The number of aromatic nitrogens is 6. The maximum atomic E-state index is 15.2. The molecule has 2 N–H and O–H groups in total. The molecule has 0 saturated carbocycles. The number of nitrogens with zero attached hydrogens (tertiary/aromatic N) is 5. The van der Waals surface area contributed by atoms with Gasteiger partial charge in [-0.25, -0.2) is 14.4 Å². The van der Waals surface area contributed by atoms with Gasteiger partial charge in [-0.3, -0.25) is 15.0 Å². The molecule has 0 radical (unpaired) electrons. The van der Waals surface area contributed by atoms with Crippen LogP contribution in [-0.2, 0) is 6.54 Å². The number of benzene rings is 1. The number of H-pyrrole nitrogens is 2. The summed E-state index contributed by atoms with van der Waals surface area (Å²) in [6, 6.07) is 10.5. The van der Waals surface area contributed by atoms with Gasteiger partial charge in [0, 0.05) is 46.5 Å². The Labute approximate surface area is 220 Å². The van der Waals surface area contributed by atoms with E-state index in [0.29, 0.717) is 28.1 Å². The Morgan fingerprint density at radius 1 is 0.974 bits per heavy atom. The minimum Gasteiger partial charge on any atom is -0.335 e. The number of fused-ring (bicyclic) bond motifs is 2. The molecule has 1 aliphatic heterocycles. The van der Waals surface area contributed by atoms with E-state index >= 15 is 4.39 Å². The topological polar surface area (TPSA) is 86.4 Å². The van der Waals surface area contributed by atoms with E-state index in [-0.39, 0.29) is 10.6 Å². The molecule has 0 bridgehead atoms. The van der Waals surface area contributed by atoms with Gasteiger partial charge in [0.2, 0.25) is 0 Å². The van der Waals surface area contributed by atoms with E-state index in [4.69, 9.17) is 0 Å². The van der Waals surface area contributed by atoms with Crippen LogP contribution in [-0.4, -0.2) is 48.1 Å². The first-order valence-corrected chi connectivity index (χ1v) is 13.4. The SMILES string of the molecule is Fc1ccc(-c2ccnc3nc(-c4[nH]nc5c(F)cc(-c6cncc(CN7CCCCC7)c6)cc45)[nH]c23)s1. The third kappa shape index (κ3) is 4.15. The van der Waals surface area contributed by atoms with Gasteiger partial charge in [0.15, 0.2) is 22.4 Å². The first-order valence-electron chi connectivity index (χ1n) is 12.6. The summed E-state index contributed by atoms with van der Waals surface area (Å²) in [4.78, 5) is 20.0. The zero-order valence-corrected chi connectivity index (χ0v) is 21.2. The van der Waals surface area contributed by atoms with Crippen molar-refractivity contribution in [2.75, 3.05) is 13.1 Å². The smallest absolute Gasteiger partial charge is 0.178 e. The fourth-order valence-electron chi connectivity index (χ4n) is 5.22. The molecule has 1 fully saturated rings. The molecular formula is C28H23F2N7S. The Morgan fingerprint density at radius 2 is 1.87 bits per heavy atom. The van der Waals surface area contributed by atoms with Crippen molar-refractivity contribution in [1.82, 2.24) is 35.0 Å². The van der Waals surface area contributed by atoms with Gasteiger partial charge in [-0.1, -0.05) is 6.42 Å². The second-order valence-corrected chi connectivity index (χ2v) is 10.7. The normalized spacial score (nSPS) is 14.6. The van der Waals surface area contributed by atoms with Crippen LogP contribution in [0.2, 0.25) is 0 Å². The Bertz CT molecular complexity index is 1780. The van der Waals surface area contributed by atoms with Crippen LogP contribution in [0.3, 0.4) is 0 Å². The first kappa shape index (κ1) is 23.1. The van der Waals surface area contributed by atoms with E-state index in [0.717, 1.165) is 58.1 Å². The molecule has 0 aliphatic carbocycles. The number of hydrogen-bond acceptors (Lipinski definition) is 6. The molecule has 6 heterocycles. The van der Waals surface area contributed by atoms with Gasteiger partial charge >= 0.3 is 0 Å². The van der Waals surface area contributed by atoms with Crippen LogP contribution in [0.5, 0.6) is 0 Å². The number of piperidine rings is 1. The zero-order valence-electron chi connectivity index (χ0n) is 20.3. The van der Waals surface area contributed by atoms with Crippen molar-refractivity contribution >= 4 is 33.4 Å². The van der Waals surface area contributed by atoms with Gasteiger partial charge in [-0.05, 0) is 73.5 Å². The van der Waals surface area contributed by atoms with Gasteiger partial charge < -0.3 is 4.98 Å². The highest BCUT2D eigenvalue weighted by molar-refractivity contribution is 7.14. The summed E-state index contributed by atoms with van der Waals surface area (Å²) in [6.45, 7) is 3.03. The number of thiophene rings is 1. The van der Waals surface area contributed by atoms with E-state index < -0.39 is 5.82 Å². The lowest BCUT2D eigenvalue weighted by molar-refractivity contribution is 0.220. The molecule has 7 nitrogen and oxygen atoms in total. The molecule has 0 amide bonds. The van der Waals surface area contributed by atoms with Crippen molar-refractivity contribution in [3.8, 4) is 33.1 Å². The minimum absolute atomic E-state index is 0.232. The Morgan fingerprint density at radius 3 is 2.71 bits per heavy atom. The van der Waals surface area contributed by atoms with E-state index in [1.54, 1.807) is 18.5 Å². The molecule has 0 unspecified atom stereocenters. The Hall–Kier alpha value is -4.02. The molecule has 1 aliphatic rings. The number of likely N-dealkylation sites (tertiary alicyclic amines) is 1. The van der Waals surface area contributed by atoms with Crippen molar-refractivity contribution in [3.05, 3.63) is 71.5 Å². The molecule has 0 atom stereocenters. The lowest BCUT2D eigenvalue weighted by Crippen LogP contribution is -2.29. The third-order valence-corrected chi connectivity index (χ3v) is 7.97. The Balaban J connectivity index is 1.29. The maximum Gasteiger partial charge on any atom is 0.178 e. The van der Waals surface area contributed by atoms with Crippen molar-refractivity contribution in [2.24, 2.45) is 0 Å². The molecule has 7 rings (SSSR count). The lowest BCUT2D eigenvalue weighted by Gasteiger charge is -2.26. The monoisotopic (exact) mass is 527 g/mol. The summed E-state index contributed by atoms with van der Waals surface area (Å²) < 4.78 is 28.9. The van der Waals surface area contributed by atoms with E-state index in [9.17, 15) is 4.39 Å². The second kappa shape index (κ2) is 9.38. The highest BCUT2D eigenvalue weighted by atomic mass is 32.1. The summed E-state index contributed by atoms with van der Waals surface area (Å²) in [5.74, 6) is 0.0541. The minimum atomic E-state index is -0.426. The largest absolute Gasteiger partial charge is 0.335 e. The van der Waals surface area contributed by atoms with Gasteiger partial charge in [-0.2, -0.15) is 9.49 Å². The van der Waals surface area contributed by atoms with Gasteiger partial charge in [0.25, 0.3) is 0 Å². The molecule has 1 aromatic carbocycles.